The van der Waals surface area contributed by atoms with Gasteiger partial charge in [0.2, 0.25) is 0 Å². The van der Waals surface area contributed by atoms with E-state index in [1.54, 1.807) is 18.9 Å². The van der Waals surface area contributed by atoms with Crippen molar-refractivity contribution in [2.24, 2.45) is 5.92 Å². The zero-order valence-electron chi connectivity index (χ0n) is 15.4. The Morgan fingerprint density at radius 1 is 1.00 bits per heavy atom. The summed E-state index contributed by atoms with van der Waals surface area (Å²) in [5.74, 6) is -6.12. The Hall–Kier alpha value is -1.87. The van der Waals surface area contributed by atoms with E-state index in [4.69, 9.17) is 4.74 Å². The second-order valence-electron chi connectivity index (χ2n) is 6.78. The Labute approximate surface area is 168 Å². The number of hydrogen-bond donors (Lipinski definition) is 0. The predicted octanol–water partition coefficient (Wildman–Crippen LogP) is 6.20. The van der Waals surface area contributed by atoms with Gasteiger partial charge in [-0.1, -0.05) is 6.07 Å². The van der Waals surface area contributed by atoms with Crippen molar-refractivity contribution in [3.63, 3.8) is 0 Å². The van der Waals surface area contributed by atoms with Crippen molar-refractivity contribution in [1.82, 2.24) is 0 Å². The van der Waals surface area contributed by atoms with E-state index in [0.29, 0.717) is 18.1 Å². The molecule has 1 fully saturated rings. The number of ether oxygens (including phenoxy) is 2. The average Bonchev–Trinajstić information content (AvgIpc) is 2.66. The highest BCUT2D eigenvalue weighted by atomic mass is 32.2. The topological polar surface area (TPSA) is 18.5 Å². The monoisotopic (exact) mass is 436 g/mol. The van der Waals surface area contributed by atoms with Gasteiger partial charge in [-0.05, 0) is 42.2 Å². The number of thioether (sulfide) groups is 1. The second kappa shape index (κ2) is 8.87. The number of hydrogen-bond acceptors (Lipinski definition) is 3. The third-order valence-corrected chi connectivity index (χ3v) is 6.23. The first-order chi connectivity index (χ1) is 13.7. The van der Waals surface area contributed by atoms with Gasteiger partial charge in [0.25, 0.3) is 0 Å². The second-order valence-corrected chi connectivity index (χ2v) is 8.02. The summed E-state index contributed by atoms with van der Waals surface area (Å²) in [7, 11) is 1.63. The Morgan fingerprint density at radius 2 is 1.69 bits per heavy atom. The SMILES string of the molecule is COCC1CCC(c2ccc(C(F)(F)Oc3cc(F)c(F)c(F)c3)c(F)c2)SC1. The maximum Gasteiger partial charge on any atom is 0.429 e. The standard InChI is InChI=1S/C20H18F6O2S/c1-27-9-11-2-5-18(29-10-11)12-3-4-14(15(21)6-12)20(25,26)28-13-7-16(22)19(24)17(23)8-13/h3-4,6-8,11,18H,2,5,9-10H2,1H3. The predicted molar refractivity (Wildman–Crippen MR) is 97.0 cm³/mol. The molecule has 1 aliphatic rings. The van der Waals surface area contributed by atoms with Crippen molar-refractivity contribution >= 4 is 11.8 Å². The zero-order chi connectivity index (χ0) is 21.2. The van der Waals surface area contributed by atoms with Gasteiger partial charge in [-0.25, -0.2) is 17.6 Å². The number of halogens is 6. The molecule has 0 amide bonds. The normalized spacial score (nSPS) is 20.0. The summed E-state index contributed by atoms with van der Waals surface area (Å²) < 4.78 is 91.9. The summed E-state index contributed by atoms with van der Waals surface area (Å²) in [5, 5.41) is -0.0264. The summed E-state index contributed by atoms with van der Waals surface area (Å²) >= 11 is 1.61. The van der Waals surface area contributed by atoms with E-state index in [1.807, 2.05) is 0 Å². The lowest BCUT2D eigenvalue weighted by Gasteiger charge is -2.28. The first kappa shape index (κ1) is 21.8. The summed E-state index contributed by atoms with van der Waals surface area (Å²) in [4.78, 5) is 0. The molecule has 2 aromatic rings. The van der Waals surface area contributed by atoms with E-state index in [1.165, 1.54) is 6.07 Å². The van der Waals surface area contributed by atoms with Crippen LogP contribution < -0.4 is 4.74 Å². The summed E-state index contributed by atoms with van der Waals surface area (Å²) in [6.45, 7) is 0.640. The van der Waals surface area contributed by atoms with Gasteiger partial charge in [0.15, 0.2) is 17.5 Å². The van der Waals surface area contributed by atoms with Gasteiger partial charge in [-0.2, -0.15) is 20.5 Å². The molecular formula is C20H18F6O2S. The van der Waals surface area contributed by atoms with Gasteiger partial charge in [-0.3, -0.25) is 0 Å². The van der Waals surface area contributed by atoms with Gasteiger partial charge < -0.3 is 9.47 Å². The van der Waals surface area contributed by atoms with Crippen LogP contribution in [0.5, 0.6) is 5.75 Å². The van der Waals surface area contributed by atoms with Gasteiger partial charge >= 0.3 is 6.11 Å². The van der Waals surface area contributed by atoms with Crippen molar-refractivity contribution in [1.29, 1.82) is 0 Å². The van der Waals surface area contributed by atoms with E-state index >= 15 is 0 Å². The maximum atomic E-state index is 14.4. The number of rotatable bonds is 6. The Morgan fingerprint density at radius 3 is 2.24 bits per heavy atom. The lowest BCUT2D eigenvalue weighted by atomic mass is 9.99. The molecule has 0 bridgehead atoms. The molecule has 158 valence electrons. The smallest absolute Gasteiger partial charge is 0.429 e. The van der Waals surface area contributed by atoms with Crippen LogP contribution in [0.25, 0.3) is 0 Å². The van der Waals surface area contributed by atoms with Crippen LogP contribution in [0.2, 0.25) is 0 Å². The van der Waals surface area contributed by atoms with Crippen molar-refractivity contribution in [2.45, 2.75) is 24.2 Å². The van der Waals surface area contributed by atoms with Crippen LogP contribution >= 0.6 is 11.8 Å². The molecule has 1 saturated heterocycles. The summed E-state index contributed by atoms with van der Waals surface area (Å²) in [6.07, 6.45) is -2.56. The molecular weight excluding hydrogens is 418 g/mol. The highest BCUT2D eigenvalue weighted by molar-refractivity contribution is 7.99. The molecule has 0 aliphatic carbocycles. The Balaban J connectivity index is 1.75. The summed E-state index contributed by atoms with van der Waals surface area (Å²) in [5.41, 5.74) is -0.508. The van der Waals surface area contributed by atoms with Gasteiger partial charge in [0.05, 0.1) is 5.56 Å². The lowest BCUT2D eigenvalue weighted by Crippen LogP contribution is -2.24. The van der Waals surface area contributed by atoms with Crippen LogP contribution in [0, 0.1) is 29.2 Å². The van der Waals surface area contributed by atoms with Crippen LogP contribution in [-0.4, -0.2) is 19.5 Å². The molecule has 1 aliphatic heterocycles. The molecule has 1 heterocycles. The molecule has 0 saturated carbocycles. The minimum atomic E-state index is -4.21. The largest absolute Gasteiger partial charge is 0.429 e. The minimum Gasteiger partial charge on any atom is -0.429 e. The molecule has 0 aromatic heterocycles. The highest BCUT2D eigenvalue weighted by Crippen LogP contribution is 2.42. The van der Waals surface area contributed by atoms with Gasteiger partial charge in [-0.15, -0.1) is 0 Å². The minimum absolute atomic E-state index is 0.0264. The zero-order valence-corrected chi connectivity index (χ0v) is 16.2. The molecule has 29 heavy (non-hydrogen) atoms. The van der Waals surface area contributed by atoms with Gasteiger partial charge in [0.1, 0.15) is 11.6 Å². The molecule has 0 N–H and O–H groups in total. The first-order valence-corrected chi connectivity index (χ1v) is 9.88. The van der Waals surface area contributed by atoms with Crippen molar-refractivity contribution in [3.8, 4) is 5.75 Å². The molecule has 0 radical (unpaired) electrons. The lowest BCUT2D eigenvalue weighted by molar-refractivity contribution is -0.187. The third-order valence-electron chi connectivity index (χ3n) is 4.65. The maximum absolute atomic E-state index is 14.4. The fourth-order valence-corrected chi connectivity index (χ4v) is 4.61. The highest BCUT2D eigenvalue weighted by Gasteiger charge is 2.38. The van der Waals surface area contributed by atoms with Crippen LogP contribution in [0.3, 0.4) is 0 Å². The Kier molecular flexibility index (Phi) is 6.68. The van der Waals surface area contributed by atoms with Crippen molar-refractivity contribution < 1.29 is 35.8 Å². The number of benzene rings is 2. The van der Waals surface area contributed by atoms with Gasteiger partial charge in [0, 0.05) is 31.1 Å². The molecule has 2 aromatic carbocycles. The molecule has 3 rings (SSSR count). The molecule has 9 heteroatoms. The van der Waals surface area contributed by atoms with Crippen LogP contribution in [-0.2, 0) is 10.8 Å². The number of methoxy groups -OCH3 is 1. The summed E-state index contributed by atoms with van der Waals surface area (Å²) in [6, 6.07) is 3.84. The van der Waals surface area contributed by atoms with Crippen molar-refractivity contribution in [3.05, 3.63) is 64.7 Å². The fourth-order valence-electron chi connectivity index (χ4n) is 3.20. The first-order valence-electron chi connectivity index (χ1n) is 8.83. The van der Waals surface area contributed by atoms with E-state index in [-0.39, 0.29) is 17.4 Å². The third kappa shape index (κ3) is 5.01. The van der Waals surface area contributed by atoms with E-state index in [0.717, 1.165) is 30.7 Å². The molecule has 2 unspecified atom stereocenters. The van der Waals surface area contributed by atoms with E-state index < -0.39 is 40.7 Å². The van der Waals surface area contributed by atoms with Crippen LogP contribution in [0.4, 0.5) is 26.3 Å². The Bertz CT molecular complexity index is 845. The van der Waals surface area contributed by atoms with E-state index in [9.17, 15) is 26.3 Å². The average molecular weight is 436 g/mol. The molecule has 0 spiro atoms. The van der Waals surface area contributed by atoms with Crippen LogP contribution in [0.1, 0.15) is 29.2 Å². The number of alkyl halides is 2. The van der Waals surface area contributed by atoms with Crippen molar-refractivity contribution in [2.75, 3.05) is 19.5 Å². The molecule has 2 nitrogen and oxygen atoms in total. The molecule has 2 atom stereocenters. The fraction of sp³-hybridized carbons (Fsp3) is 0.400. The quantitative estimate of drug-likeness (QED) is 0.397. The van der Waals surface area contributed by atoms with Crippen LogP contribution in [0.15, 0.2) is 30.3 Å². The van der Waals surface area contributed by atoms with E-state index in [2.05, 4.69) is 4.74 Å².